The molecule has 0 fully saturated rings. The normalized spacial score (nSPS) is 12.0. The molecule has 6 heteroatoms. The number of benzene rings is 1. The Bertz CT molecular complexity index is 475. The maximum absolute atomic E-state index is 11.2. The molecule has 0 bridgehead atoms. The second-order valence-electron chi connectivity index (χ2n) is 4.74. The van der Waals surface area contributed by atoms with Gasteiger partial charge in [0.25, 0.3) is 0 Å². The SMILES string of the molecule is CCCOc1cc(OCCC)c([N+](=O)[O-])cc1C(O)CC. The molecule has 1 atom stereocenters. The highest BCUT2D eigenvalue weighted by Gasteiger charge is 2.23. The molecule has 1 rings (SSSR count). The summed E-state index contributed by atoms with van der Waals surface area (Å²) in [6.07, 6.45) is 1.22. The predicted octanol–water partition coefficient (Wildman–Crippen LogP) is 3.62. The third kappa shape index (κ3) is 4.60. The number of rotatable bonds is 9. The molecule has 1 aromatic rings. The van der Waals surface area contributed by atoms with Gasteiger partial charge in [0.15, 0.2) is 0 Å². The highest BCUT2D eigenvalue weighted by atomic mass is 16.6. The Kier molecular flexibility index (Phi) is 6.94. The van der Waals surface area contributed by atoms with Crippen LogP contribution in [0.1, 0.15) is 51.7 Å². The van der Waals surface area contributed by atoms with E-state index in [-0.39, 0.29) is 11.4 Å². The third-order valence-corrected chi connectivity index (χ3v) is 2.96. The van der Waals surface area contributed by atoms with Gasteiger partial charge in [0.1, 0.15) is 5.75 Å². The van der Waals surface area contributed by atoms with Crippen LogP contribution in [0.15, 0.2) is 12.1 Å². The number of ether oxygens (including phenoxy) is 2. The number of nitro groups is 1. The largest absolute Gasteiger partial charge is 0.493 e. The van der Waals surface area contributed by atoms with Crippen molar-refractivity contribution in [2.75, 3.05) is 13.2 Å². The highest BCUT2D eigenvalue weighted by Crippen LogP contribution is 2.38. The van der Waals surface area contributed by atoms with Gasteiger partial charge in [-0.3, -0.25) is 10.1 Å². The van der Waals surface area contributed by atoms with Crippen molar-refractivity contribution in [3.8, 4) is 11.5 Å². The lowest BCUT2D eigenvalue weighted by Gasteiger charge is -2.16. The molecule has 1 N–H and O–H groups in total. The maximum Gasteiger partial charge on any atom is 0.311 e. The molecule has 6 nitrogen and oxygen atoms in total. The van der Waals surface area contributed by atoms with Crippen LogP contribution in [0, 0.1) is 10.1 Å². The first-order valence-corrected chi connectivity index (χ1v) is 7.31. The second-order valence-corrected chi connectivity index (χ2v) is 4.74. The number of nitrogens with zero attached hydrogens (tertiary/aromatic N) is 1. The summed E-state index contributed by atoms with van der Waals surface area (Å²) in [5, 5.41) is 21.2. The fourth-order valence-corrected chi connectivity index (χ4v) is 1.85. The quantitative estimate of drug-likeness (QED) is 0.556. The topological polar surface area (TPSA) is 81.8 Å². The van der Waals surface area contributed by atoms with E-state index < -0.39 is 11.0 Å². The Morgan fingerprint density at radius 3 is 2.19 bits per heavy atom. The minimum atomic E-state index is -0.796. The van der Waals surface area contributed by atoms with Crippen LogP contribution in [0.25, 0.3) is 0 Å². The average Bonchev–Trinajstić information content (AvgIpc) is 2.49. The van der Waals surface area contributed by atoms with Crippen LogP contribution < -0.4 is 9.47 Å². The zero-order valence-electron chi connectivity index (χ0n) is 12.8. The molecule has 0 saturated carbocycles. The minimum absolute atomic E-state index is 0.144. The van der Waals surface area contributed by atoms with Gasteiger partial charge in [-0.25, -0.2) is 0 Å². The molecule has 0 aliphatic rings. The first kappa shape index (κ1) is 17.2. The van der Waals surface area contributed by atoms with Gasteiger partial charge < -0.3 is 14.6 Å². The van der Waals surface area contributed by atoms with E-state index in [9.17, 15) is 15.2 Å². The van der Waals surface area contributed by atoms with Crippen LogP contribution >= 0.6 is 0 Å². The fraction of sp³-hybridized carbons (Fsp3) is 0.600. The molecule has 1 aromatic carbocycles. The van der Waals surface area contributed by atoms with E-state index in [0.29, 0.717) is 30.9 Å². The average molecular weight is 297 g/mol. The van der Waals surface area contributed by atoms with E-state index in [1.54, 1.807) is 0 Å². The maximum atomic E-state index is 11.2. The highest BCUT2D eigenvalue weighted by molar-refractivity contribution is 5.55. The first-order chi connectivity index (χ1) is 10.0. The van der Waals surface area contributed by atoms with E-state index in [0.717, 1.165) is 12.8 Å². The molecule has 0 saturated heterocycles. The van der Waals surface area contributed by atoms with Gasteiger partial charge in [-0.05, 0) is 19.3 Å². The van der Waals surface area contributed by atoms with Crippen molar-refractivity contribution >= 4 is 5.69 Å². The first-order valence-electron chi connectivity index (χ1n) is 7.31. The molecular weight excluding hydrogens is 274 g/mol. The Morgan fingerprint density at radius 1 is 1.14 bits per heavy atom. The van der Waals surface area contributed by atoms with Gasteiger partial charge >= 0.3 is 5.69 Å². The molecule has 118 valence electrons. The molecule has 0 aliphatic carbocycles. The lowest BCUT2D eigenvalue weighted by atomic mass is 10.0. The predicted molar refractivity (Wildman–Crippen MR) is 79.9 cm³/mol. The fourth-order valence-electron chi connectivity index (χ4n) is 1.85. The summed E-state index contributed by atoms with van der Waals surface area (Å²) < 4.78 is 11.0. The molecule has 0 aromatic heterocycles. The number of aliphatic hydroxyl groups excluding tert-OH is 1. The number of hydrogen-bond acceptors (Lipinski definition) is 5. The molecule has 0 amide bonds. The summed E-state index contributed by atoms with van der Waals surface area (Å²) in [5.74, 6) is 0.628. The summed E-state index contributed by atoms with van der Waals surface area (Å²) in [6.45, 7) is 6.57. The van der Waals surface area contributed by atoms with Crippen molar-refractivity contribution in [2.24, 2.45) is 0 Å². The molecule has 0 radical (unpaired) electrons. The van der Waals surface area contributed by atoms with E-state index in [2.05, 4.69) is 0 Å². The van der Waals surface area contributed by atoms with Crippen molar-refractivity contribution in [3.05, 3.63) is 27.8 Å². The van der Waals surface area contributed by atoms with E-state index in [4.69, 9.17) is 9.47 Å². The Labute approximate surface area is 124 Å². The summed E-state index contributed by atoms with van der Waals surface area (Å²) >= 11 is 0. The van der Waals surface area contributed by atoms with Gasteiger partial charge in [0.2, 0.25) is 5.75 Å². The van der Waals surface area contributed by atoms with Gasteiger partial charge in [0.05, 0.1) is 24.2 Å². The van der Waals surface area contributed by atoms with Crippen molar-refractivity contribution in [1.82, 2.24) is 0 Å². The summed E-state index contributed by atoms with van der Waals surface area (Å²) in [7, 11) is 0. The van der Waals surface area contributed by atoms with Gasteiger partial charge in [0, 0.05) is 17.7 Å². The minimum Gasteiger partial charge on any atom is -0.493 e. The van der Waals surface area contributed by atoms with Gasteiger partial charge in [-0.15, -0.1) is 0 Å². The Morgan fingerprint density at radius 2 is 1.71 bits per heavy atom. The molecule has 0 spiro atoms. The van der Waals surface area contributed by atoms with Crippen LogP contribution in [0.4, 0.5) is 5.69 Å². The van der Waals surface area contributed by atoms with Crippen LogP contribution in [-0.4, -0.2) is 23.2 Å². The van der Waals surface area contributed by atoms with Crippen molar-refractivity contribution in [1.29, 1.82) is 0 Å². The number of nitro benzene ring substituents is 1. The lowest BCUT2D eigenvalue weighted by molar-refractivity contribution is -0.386. The van der Waals surface area contributed by atoms with Crippen molar-refractivity contribution < 1.29 is 19.5 Å². The van der Waals surface area contributed by atoms with Crippen LogP contribution in [0.3, 0.4) is 0 Å². The van der Waals surface area contributed by atoms with Crippen LogP contribution in [0.5, 0.6) is 11.5 Å². The lowest BCUT2D eigenvalue weighted by Crippen LogP contribution is -2.06. The van der Waals surface area contributed by atoms with E-state index in [1.165, 1.54) is 12.1 Å². The summed E-state index contributed by atoms with van der Waals surface area (Å²) in [6, 6.07) is 2.86. The summed E-state index contributed by atoms with van der Waals surface area (Å²) in [4.78, 5) is 10.7. The van der Waals surface area contributed by atoms with Crippen LogP contribution in [-0.2, 0) is 0 Å². The second kappa shape index (κ2) is 8.46. The Balaban J connectivity index is 3.27. The zero-order valence-corrected chi connectivity index (χ0v) is 12.8. The van der Waals surface area contributed by atoms with E-state index in [1.807, 2.05) is 20.8 Å². The van der Waals surface area contributed by atoms with Crippen molar-refractivity contribution in [3.63, 3.8) is 0 Å². The zero-order chi connectivity index (χ0) is 15.8. The molecular formula is C15H23NO5. The van der Waals surface area contributed by atoms with Gasteiger partial charge in [-0.1, -0.05) is 20.8 Å². The van der Waals surface area contributed by atoms with E-state index >= 15 is 0 Å². The summed E-state index contributed by atoms with van der Waals surface area (Å²) in [5.41, 5.74) is 0.288. The molecule has 0 aliphatic heterocycles. The van der Waals surface area contributed by atoms with Crippen molar-refractivity contribution in [2.45, 2.75) is 46.1 Å². The number of aliphatic hydroxyl groups is 1. The molecule has 1 unspecified atom stereocenters. The van der Waals surface area contributed by atoms with Crippen LogP contribution in [0.2, 0.25) is 0 Å². The standard InChI is InChI=1S/C15H23NO5/c1-4-7-20-14-10-15(21-8-5-2)12(16(18)19)9-11(14)13(17)6-3/h9-10,13,17H,4-8H2,1-3H3. The third-order valence-electron chi connectivity index (χ3n) is 2.96. The van der Waals surface area contributed by atoms with Gasteiger partial charge in [-0.2, -0.15) is 0 Å². The smallest absolute Gasteiger partial charge is 0.311 e. The Hall–Kier alpha value is -1.82. The number of hydrogen-bond donors (Lipinski definition) is 1. The molecule has 0 heterocycles. The monoisotopic (exact) mass is 297 g/mol. The molecule has 21 heavy (non-hydrogen) atoms.